The number of ether oxygens (including phenoxy) is 1. The molecule has 0 fully saturated rings. The van der Waals surface area contributed by atoms with Crippen molar-refractivity contribution in [2.24, 2.45) is 0 Å². The maximum absolute atomic E-state index is 13.2. The number of fused-ring (bicyclic) bond motifs is 1. The molecule has 4 heteroatoms. The number of aromatic nitrogens is 1. The molecule has 0 saturated heterocycles. The van der Waals surface area contributed by atoms with E-state index >= 15 is 0 Å². The molecule has 0 saturated carbocycles. The first-order valence-electron chi connectivity index (χ1n) is 7.84. The van der Waals surface area contributed by atoms with Crippen LogP contribution in [0.15, 0.2) is 42.5 Å². The number of benzene rings is 2. The highest BCUT2D eigenvalue weighted by Crippen LogP contribution is 2.28. The second-order valence-corrected chi connectivity index (χ2v) is 5.76. The average Bonchev–Trinajstić information content (AvgIpc) is 2.55. The number of hydrogen-bond donors (Lipinski definition) is 0. The van der Waals surface area contributed by atoms with E-state index in [1.54, 1.807) is 25.1 Å². The van der Waals surface area contributed by atoms with Gasteiger partial charge < -0.3 is 4.74 Å². The van der Waals surface area contributed by atoms with Crippen LogP contribution >= 0.6 is 0 Å². The van der Waals surface area contributed by atoms with Crippen molar-refractivity contribution in [3.63, 3.8) is 0 Å². The number of esters is 1. The van der Waals surface area contributed by atoms with Crippen molar-refractivity contribution in [1.29, 1.82) is 0 Å². The lowest BCUT2D eigenvalue weighted by Gasteiger charge is -2.12. The van der Waals surface area contributed by atoms with Crippen LogP contribution < -0.4 is 0 Å². The van der Waals surface area contributed by atoms with E-state index in [2.05, 4.69) is 4.98 Å². The lowest BCUT2D eigenvalue weighted by atomic mass is 10.00. The van der Waals surface area contributed by atoms with E-state index in [1.165, 1.54) is 12.1 Å². The molecule has 0 aliphatic rings. The molecule has 3 nitrogen and oxygen atoms in total. The zero-order valence-corrected chi connectivity index (χ0v) is 13.9. The third kappa shape index (κ3) is 3.00. The summed E-state index contributed by atoms with van der Waals surface area (Å²) in [6.07, 6.45) is 0. The minimum atomic E-state index is -0.377. The number of nitrogens with zero attached hydrogens (tertiary/aromatic N) is 1. The molecule has 3 aromatic rings. The lowest BCUT2D eigenvalue weighted by molar-refractivity contribution is 0.0528. The Bertz CT molecular complexity index is 917. The Balaban J connectivity index is 2.29. The van der Waals surface area contributed by atoms with Crippen molar-refractivity contribution >= 4 is 16.9 Å². The summed E-state index contributed by atoms with van der Waals surface area (Å²) in [4.78, 5) is 17.1. The molecule has 3 rings (SSSR count). The highest BCUT2D eigenvalue weighted by molar-refractivity contribution is 6.05. The van der Waals surface area contributed by atoms with Gasteiger partial charge in [0.25, 0.3) is 0 Å². The SMILES string of the molecule is CCOC(=O)c1cc(-c2ccc(F)cc2)nc2c(C)cc(C)cc12. The van der Waals surface area contributed by atoms with Crippen LogP contribution in [0.4, 0.5) is 4.39 Å². The van der Waals surface area contributed by atoms with Crippen molar-refractivity contribution in [2.75, 3.05) is 6.61 Å². The van der Waals surface area contributed by atoms with E-state index in [0.717, 1.165) is 27.6 Å². The van der Waals surface area contributed by atoms with E-state index in [1.807, 2.05) is 26.0 Å². The number of rotatable bonds is 3. The Labute approximate surface area is 140 Å². The number of pyridine rings is 1. The molecule has 0 atom stereocenters. The van der Waals surface area contributed by atoms with Crippen LogP contribution in [0.2, 0.25) is 0 Å². The van der Waals surface area contributed by atoms with Crippen molar-refractivity contribution in [1.82, 2.24) is 4.98 Å². The smallest absolute Gasteiger partial charge is 0.338 e. The normalized spacial score (nSPS) is 10.8. The largest absolute Gasteiger partial charge is 0.462 e. The molecular formula is C20H18FNO2. The molecule has 122 valence electrons. The summed E-state index contributed by atoms with van der Waals surface area (Å²) >= 11 is 0. The van der Waals surface area contributed by atoms with Crippen molar-refractivity contribution in [3.8, 4) is 11.3 Å². The van der Waals surface area contributed by atoms with Crippen LogP contribution in [0.5, 0.6) is 0 Å². The summed E-state index contributed by atoms with van der Waals surface area (Å²) < 4.78 is 18.4. The molecule has 0 aliphatic heterocycles. The van der Waals surface area contributed by atoms with E-state index in [0.29, 0.717) is 17.9 Å². The number of halogens is 1. The quantitative estimate of drug-likeness (QED) is 0.648. The Morgan fingerprint density at radius 2 is 1.83 bits per heavy atom. The zero-order chi connectivity index (χ0) is 17.3. The highest BCUT2D eigenvalue weighted by atomic mass is 19.1. The fraction of sp³-hybridized carbons (Fsp3) is 0.200. The third-order valence-electron chi connectivity index (χ3n) is 3.88. The standard InChI is InChI=1S/C20H18FNO2/c1-4-24-20(23)17-11-18(14-5-7-15(21)8-6-14)22-19-13(3)9-12(2)10-16(17)19/h5-11H,4H2,1-3H3. The van der Waals surface area contributed by atoms with Gasteiger partial charge in [0, 0.05) is 10.9 Å². The predicted octanol–water partition coefficient (Wildman–Crippen LogP) is 4.83. The summed E-state index contributed by atoms with van der Waals surface area (Å²) in [7, 11) is 0. The van der Waals surface area contributed by atoms with Crippen molar-refractivity contribution in [3.05, 3.63) is 65.0 Å². The summed E-state index contributed by atoms with van der Waals surface area (Å²) in [5.41, 5.74) is 4.65. The average molecular weight is 323 g/mol. The minimum absolute atomic E-state index is 0.305. The monoisotopic (exact) mass is 323 g/mol. The van der Waals surface area contributed by atoms with Gasteiger partial charge in [0.15, 0.2) is 0 Å². The van der Waals surface area contributed by atoms with Gasteiger partial charge in [-0.1, -0.05) is 11.6 Å². The van der Waals surface area contributed by atoms with Gasteiger partial charge in [-0.25, -0.2) is 14.2 Å². The van der Waals surface area contributed by atoms with Gasteiger partial charge in [-0.15, -0.1) is 0 Å². The Hall–Kier alpha value is -2.75. The third-order valence-corrected chi connectivity index (χ3v) is 3.88. The van der Waals surface area contributed by atoms with Gasteiger partial charge in [0.1, 0.15) is 5.82 Å². The molecule has 0 unspecified atom stereocenters. The fourth-order valence-corrected chi connectivity index (χ4v) is 2.83. The number of carbonyl (C=O) groups is 1. The predicted molar refractivity (Wildman–Crippen MR) is 92.6 cm³/mol. The van der Waals surface area contributed by atoms with Crippen LogP contribution in [-0.2, 0) is 4.74 Å². The second kappa shape index (κ2) is 6.40. The first-order valence-corrected chi connectivity index (χ1v) is 7.84. The molecule has 0 amide bonds. The molecule has 0 N–H and O–H groups in total. The molecule has 2 aromatic carbocycles. The Kier molecular flexibility index (Phi) is 4.30. The Morgan fingerprint density at radius 1 is 1.12 bits per heavy atom. The second-order valence-electron chi connectivity index (χ2n) is 5.76. The van der Waals surface area contributed by atoms with Gasteiger partial charge in [0.2, 0.25) is 0 Å². The van der Waals surface area contributed by atoms with E-state index in [9.17, 15) is 9.18 Å². The molecular weight excluding hydrogens is 305 g/mol. The lowest BCUT2D eigenvalue weighted by Crippen LogP contribution is -2.07. The summed E-state index contributed by atoms with van der Waals surface area (Å²) in [5, 5.41) is 0.775. The van der Waals surface area contributed by atoms with Gasteiger partial charge in [-0.2, -0.15) is 0 Å². The van der Waals surface area contributed by atoms with Gasteiger partial charge in [-0.3, -0.25) is 0 Å². The molecule has 0 aliphatic carbocycles. The van der Waals surface area contributed by atoms with E-state index < -0.39 is 0 Å². The van der Waals surface area contributed by atoms with E-state index in [4.69, 9.17) is 4.74 Å². The van der Waals surface area contributed by atoms with Crippen LogP contribution in [0, 0.1) is 19.7 Å². The number of aryl methyl sites for hydroxylation is 2. The van der Waals surface area contributed by atoms with E-state index in [-0.39, 0.29) is 11.8 Å². The van der Waals surface area contributed by atoms with Crippen molar-refractivity contribution < 1.29 is 13.9 Å². The highest BCUT2D eigenvalue weighted by Gasteiger charge is 2.16. The molecule has 24 heavy (non-hydrogen) atoms. The maximum atomic E-state index is 13.2. The fourth-order valence-electron chi connectivity index (χ4n) is 2.83. The Morgan fingerprint density at radius 3 is 2.50 bits per heavy atom. The van der Waals surface area contributed by atoms with Crippen LogP contribution in [0.25, 0.3) is 22.2 Å². The van der Waals surface area contributed by atoms with Crippen LogP contribution in [0.3, 0.4) is 0 Å². The maximum Gasteiger partial charge on any atom is 0.338 e. The first-order chi connectivity index (χ1) is 11.5. The van der Waals surface area contributed by atoms with Crippen molar-refractivity contribution in [2.45, 2.75) is 20.8 Å². The minimum Gasteiger partial charge on any atom is -0.462 e. The summed E-state index contributed by atoms with van der Waals surface area (Å²) in [5.74, 6) is -0.685. The van der Waals surface area contributed by atoms with Gasteiger partial charge in [-0.05, 0) is 62.7 Å². The summed E-state index contributed by atoms with van der Waals surface area (Å²) in [6.45, 7) is 6.03. The van der Waals surface area contributed by atoms with Crippen LogP contribution in [-0.4, -0.2) is 17.6 Å². The molecule has 0 bridgehead atoms. The molecule has 0 radical (unpaired) electrons. The number of hydrogen-bond acceptors (Lipinski definition) is 3. The zero-order valence-electron chi connectivity index (χ0n) is 13.9. The van der Waals surface area contributed by atoms with Gasteiger partial charge in [0.05, 0.1) is 23.4 Å². The first kappa shape index (κ1) is 16.1. The van der Waals surface area contributed by atoms with Gasteiger partial charge >= 0.3 is 5.97 Å². The molecule has 1 heterocycles. The molecule has 0 spiro atoms. The number of carbonyl (C=O) groups excluding carboxylic acids is 1. The van der Waals surface area contributed by atoms with Crippen LogP contribution in [0.1, 0.15) is 28.4 Å². The molecule has 1 aromatic heterocycles. The topological polar surface area (TPSA) is 39.2 Å². The summed E-state index contributed by atoms with van der Waals surface area (Å²) in [6, 6.07) is 11.8.